The number of nitriles is 1. The van der Waals surface area contributed by atoms with Gasteiger partial charge in [-0.05, 0) is 37.1 Å². The Labute approximate surface area is 115 Å². The molecule has 0 aliphatic heterocycles. The van der Waals surface area contributed by atoms with E-state index in [9.17, 15) is 8.42 Å². The molecule has 1 aromatic carbocycles. The average Bonchev–Trinajstić information content (AvgIpc) is 2.39. The fourth-order valence-corrected chi connectivity index (χ4v) is 3.43. The molecule has 0 aliphatic carbocycles. The zero-order valence-electron chi connectivity index (χ0n) is 11.7. The number of hydrogen-bond acceptors (Lipinski definition) is 3. The Bertz CT molecular complexity index is 574. The first-order chi connectivity index (χ1) is 8.97. The van der Waals surface area contributed by atoms with Gasteiger partial charge in [-0.25, -0.2) is 8.42 Å². The molecule has 0 amide bonds. The van der Waals surface area contributed by atoms with E-state index in [0.29, 0.717) is 24.2 Å². The lowest BCUT2D eigenvalue weighted by Gasteiger charge is -2.20. The lowest BCUT2D eigenvalue weighted by atomic mass is 10.1. The number of sulfonamides is 1. The molecule has 0 atom stereocenters. The first-order valence-electron chi connectivity index (χ1n) is 6.48. The Balaban J connectivity index is 3.12. The van der Waals surface area contributed by atoms with E-state index in [1.807, 2.05) is 19.9 Å². The molecule has 19 heavy (non-hydrogen) atoms. The summed E-state index contributed by atoms with van der Waals surface area (Å²) in [5.41, 5.74) is 1.20. The molecule has 0 saturated carbocycles. The number of benzene rings is 1. The van der Waals surface area contributed by atoms with Gasteiger partial charge >= 0.3 is 0 Å². The van der Waals surface area contributed by atoms with Gasteiger partial charge in [-0.3, -0.25) is 0 Å². The van der Waals surface area contributed by atoms with Crippen molar-refractivity contribution in [2.45, 2.75) is 38.5 Å². The molecule has 0 saturated heterocycles. The predicted octanol–water partition coefficient (Wildman–Crippen LogP) is 2.68. The average molecular weight is 280 g/mol. The Hall–Kier alpha value is -1.38. The second kappa shape index (κ2) is 6.69. The molecule has 0 N–H and O–H groups in total. The molecule has 1 aromatic rings. The van der Waals surface area contributed by atoms with Crippen LogP contribution in [0.5, 0.6) is 0 Å². The van der Waals surface area contributed by atoms with Crippen LogP contribution in [0.2, 0.25) is 0 Å². The standard InChI is InChI=1S/C14H20N2O2S/c1-4-6-9-16(5-2)19(17,18)14-8-7-13(11-15)12(3)10-14/h7-8,10H,4-6,9H2,1-3H3. The van der Waals surface area contributed by atoms with Gasteiger partial charge in [0.1, 0.15) is 0 Å². The summed E-state index contributed by atoms with van der Waals surface area (Å²) in [4.78, 5) is 0.266. The van der Waals surface area contributed by atoms with E-state index in [0.717, 1.165) is 12.8 Å². The van der Waals surface area contributed by atoms with Crippen molar-refractivity contribution in [2.75, 3.05) is 13.1 Å². The van der Waals surface area contributed by atoms with Crippen molar-refractivity contribution in [3.05, 3.63) is 29.3 Å². The quantitative estimate of drug-likeness (QED) is 0.805. The summed E-state index contributed by atoms with van der Waals surface area (Å²) in [5.74, 6) is 0. The summed E-state index contributed by atoms with van der Waals surface area (Å²) >= 11 is 0. The SMILES string of the molecule is CCCCN(CC)S(=O)(=O)c1ccc(C#N)c(C)c1. The molecule has 0 unspecified atom stereocenters. The molecule has 0 aliphatic rings. The van der Waals surface area contributed by atoms with Gasteiger partial charge < -0.3 is 0 Å². The van der Waals surface area contributed by atoms with Gasteiger partial charge in [0, 0.05) is 13.1 Å². The lowest BCUT2D eigenvalue weighted by Crippen LogP contribution is -2.31. The lowest BCUT2D eigenvalue weighted by molar-refractivity contribution is 0.419. The normalized spacial score (nSPS) is 11.5. The van der Waals surface area contributed by atoms with Crippen molar-refractivity contribution < 1.29 is 8.42 Å². The number of unbranched alkanes of at least 4 members (excludes halogenated alkanes) is 1. The van der Waals surface area contributed by atoms with E-state index in [-0.39, 0.29) is 4.90 Å². The van der Waals surface area contributed by atoms with Crippen molar-refractivity contribution >= 4 is 10.0 Å². The molecule has 0 aromatic heterocycles. The van der Waals surface area contributed by atoms with E-state index in [4.69, 9.17) is 5.26 Å². The second-order valence-corrected chi connectivity index (χ2v) is 6.38. The van der Waals surface area contributed by atoms with Crippen molar-refractivity contribution in [1.82, 2.24) is 4.31 Å². The topological polar surface area (TPSA) is 61.2 Å². The third-order valence-electron chi connectivity index (χ3n) is 3.07. The maximum absolute atomic E-state index is 12.5. The molecule has 0 bridgehead atoms. The van der Waals surface area contributed by atoms with Crippen LogP contribution in [-0.2, 0) is 10.0 Å². The third-order valence-corrected chi connectivity index (χ3v) is 5.04. The van der Waals surface area contributed by atoms with Gasteiger partial charge in [0.05, 0.1) is 16.5 Å². The zero-order chi connectivity index (χ0) is 14.5. The molecular weight excluding hydrogens is 260 g/mol. The van der Waals surface area contributed by atoms with E-state index >= 15 is 0 Å². The zero-order valence-corrected chi connectivity index (χ0v) is 12.5. The molecule has 1 rings (SSSR count). The highest BCUT2D eigenvalue weighted by molar-refractivity contribution is 7.89. The van der Waals surface area contributed by atoms with Crippen LogP contribution >= 0.6 is 0 Å². The van der Waals surface area contributed by atoms with Crippen LogP contribution in [0.4, 0.5) is 0 Å². The molecule has 0 spiro atoms. The van der Waals surface area contributed by atoms with E-state index < -0.39 is 10.0 Å². The summed E-state index contributed by atoms with van der Waals surface area (Å²) in [7, 11) is -3.45. The highest BCUT2D eigenvalue weighted by Crippen LogP contribution is 2.19. The van der Waals surface area contributed by atoms with Crippen LogP contribution in [0.25, 0.3) is 0 Å². The van der Waals surface area contributed by atoms with Crippen molar-refractivity contribution in [3.63, 3.8) is 0 Å². The second-order valence-electron chi connectivity index (χ2n) is 4.44. The summed E-state index contributed by atoms with van der Waals surface area (Å²) in [5, 5.41) is 8.87. The van der Waals surface area contributed by atoms with Crippen molar-refractivity contribution in [1.29, 1.82) is 5.26 Å². The van der Waals surface area contributed by atoms with Crippen LogP contribution in [0.15, 0.2) is 23.1 Å². The molecule has 5 heteroatoms. The van der Waals surface area contributed by atoms with Crippen molar-refractivity contribution in [3.8, 4) is 6.07 Å². The minimum absolute atomic E-state index is 0.266. The highest BCUT2D eigenvalue weighted by Gasteiger charge is 2.22. The highest BCUT2D eigenvalue weighted by atomic mass is 32.2. The first-order valence-corrected chi connectivity index (χ1v) is 7.92. The van der Waals surface area contributed by atoms with Crippen LogP contribution in [-0.4, -0.2) is 25.8 Å². The van der Waals surface area contributed by atoms with E-state index in [2.05, 4.69) is 0 Å². The van der Waals surface area contributed by atoms with Crippen LogP contribution < -0.4 is 0 Å². The smallest absolute Gasteiger partial charge is 0.207 e. The molecule has 104 valence electrons. The maximum Gasteiger partial charge on any atom is 0.243 e. The fraction of sp³-hybridized carbons (Fsp3) is 0.500. The summed E-state index contributed by atoms with van der Waals surface area (Å²) in [6.07, 6.45) is 1.81. The molecular formula is C14H20N2O2S. The Morgan fingerprint density at radius 2 is 2.00 bits per heavy atom. The fourth-order valence-electron chi connectivity index (χ4n) is 1.85. The number of hydrogen-bond donors (Lipinski definition) is 0. The largest absolute Gasteiger partial charge is 0.243 e. The Morgan fingerprint density at radius 1 is 1.32 bits per heavy atom. The Kier molecular flexibility index (Phi) is 5.52. The number of nitrogens with zero attached hydrogens (tertiary/aromatic N) is 2. The minimum atomic E-state index is -3.45. The summed E-state index contributed by atoms with van der Waals surface area (Å²) in [6, 6.07) is 6.69. The number of aryl methyl sites for hydroxylation is 1. The maximum atomic E-state index is 12.5. The number of rotatable bonds is 6. The summed E-state index contributed by atoms with van der Waals surface area (Å²) < 4.78 is 26.4. The monoisotopic (exact) mass is 280 g/mol. The van der Waals surface area contributed by atoms with Crippen molar-refractivity contribution in [2.24, 2.45) is 0 Å². The third kappa shape index (κ3) is 3.55. The van der Waals surface area contributed by atoms with E-state index in [1.165, 1.54) is 10.4 Å². The van der Waals surface area contributed by atoms with Crippen LogP contribution in [0.1, 0.15) is 37.8 Å². The van der Waals surface area contributed by atoms with E-state index in [1.54, 1.807) is 19.1 Å². The predicted molar refractivity (Wildman–Crippen MR) is 75.2 cm³/mol. The van der Waals surface area contributed by atoms with Gasteiger partial charge in [-0.15, -0.1) is 0 Å². The van der Waals surface area contributed by atoms with Crippen LogP contribution in [0, 0.1) is 18.3 Å². The molecule has 0 heterocycles. The Morgan fingerprint density at radius 3 is 2.47 bits per heavy atom. The molecule has 0 radical (unpaired) electrons. The molecule has 0 fully saturated rings. The van der Waals surface area contributed by atoms with Gasteiger partial charge in [-0.2, -0.15) is 9.57 Å². The molecule has 4 nitrogen and oxygen atoms in total. The summed E-state index contributed by atoms with van der Waals surface area (Å²) in [6.45, 7) is 6.62. The van der Waals surface area contributed by atoms with Gasteiger partial charge in [0.2, 0.25) is 10.0 Å². The minimum Gasteiger partial charge on any atom is -0.207 e. The van der Waals surface area contributed by atoms with Gasteiger partial charge in [0.15, 0.2) is 0 Å². The van der Waals surface area contributed by atoms with Gasteiger partial charge in [-0.1, -0.05) is 20.3 Å². The van der Waals surface area contributed by atoms with Gasteiger partial charge in [0.25, 0.3) is 0 Å². The first kappa shape index (κ1) is 15.7. The van der Waals surface area contributed by atoms with Crippen LogP contribution in [0.3, 0.4) is 0 Å².